The van der Waals surface area contributed by atoms with Crippen LogP contribution in [0.2, 0.25) is 0 Å². The molecular weight excluding hydrogens is 1240 g/mol. The average Bonchev–Trinajstić information content (AvgIpc) is 1.42. The first-order valence-electron chi connectivity index (χ1n) is 24.8. The predicted molar refractivity (Wildman–Crippen MR) is 254 cm³/mol. The van der Waals surface area contributed by atoms with E-state index in [-0.39, 0.29) is 38.5 Å². The Bertz CT molecular complexity index is 1950. The Hall–Kier alpha value is -4.62. The normalized spacial score (nSPS) is 14.2. The topological polar surface area (TPSA) is 132 Å². The van der Waals surface area contributed by atoms with E-state index < -0.39 is 200 Å². The molecular formula is C50H64F24N2O10. The number of ether oxygens (including phenoxy) is 8. The van der Waals surface area contributed by atoms with Crippen molar-refractivity contribution in [2.75, 3.05) is 65.9 Å². The van der Waals surface area contributed by atoms with E-state index >= 15 is 0 Å². The van der Waals surface area contributed by atoms with Crippen molar-refractivity contribution < 1.29 is 153 Å². The van der Waals surface area contributed by atoms with Crippen LogP contribution in [0.25, 0.3) is 0 Å². The van der Waals surface area contributed by atoms with Gasteiger partial charge in [0.25, 0.3) is 23.7 Å². The van der Waals surface area contributed by atoms with Gasteiger partial charge >= 0.3 is 60.7 Å². The van der Waals surface area contributed by atoms with Gasteiger partial charge in [0.05, 0.1) is 0 Å². The molecule has 0 aliphatic carbocycles. The van der Waals surface area contributed by atoms with Crippen LogP contribution >= 0.6 is 0 Å². The van der Waals surface area contributed by atoms with Crippen molar-refractivity contribution in [2.45, 2.75) is 150 Å². The number of amides is 2. The number of alkyl halides is 24. The van der Waals surface area contributed by atoms with Crippen molar-refractivity contribution >= 4 is 11.8 Å². The van der Waals surface area contributed by atoms with Gasteiger partial charge in [-0.05, 0) is 62.2 Å². The molecule has 0 atom stereocenters. The highest BCUT2D eigenvalue weighted by Gasteiger charge is 2.58. The summed E-state index contributed by atoms with van der Waals surface area (Å²) < 4.78 is 368. The minimum absolute atomic E-state index is 0.0750. The van der Waals surface area contributed by atoms with Gasteiger partial charge in [0, 0.05) is 26.3 Å². The number of hydrogen-bond acceptors (Lipinski definition) is 10. The van der Waals surface area contributed by atoms with Crippen LogP contribution in [0.5, 0.6) is 0 Å². The number of carbonyl (C=O) groups is 2. The van der Waals surface area contributed by atoms with Gasteiger partial charge in [-0.25, -0.2) is 17.6 Å². The summed E-state index contributed by atoms with van der Waals surface area (Å²) in [6, 6.07) is 0. The maximum absolute atomic E-state index is 14.4. The lowest BCUT2D eigenvalue weighted by Gasteiger charge is -2.32. The summed E-state index contributed by atoms with van der Waals surface area (Å²) in [6.45, 7) is 3.03. The summed E-state index contributed by atoms with van der Waals surface area (Å²) in [5.41, 5.74) is -2.08. The number of hydrogen-bond donors (Lipinski definition) is 2. The molecule has 0 bridgehead atoms. The highest BCUT2D eigenvalue weighted by molar-refractivity contribution is 5.83. The zero-order chi connectivity index (χ0) is 67.0. The molecule has 2 amide bonds. The molecule has 0 fully saturated rings. The summed E-state index contributed by atoms with van der Waals surface area (Å²) >= 11 is 0. The number of allylic oxidation sites excluding steroid dienone is 6. The predicted octanol–water partition coefficient (Wildman–Crippen LogP) is 14.4. The Balaban J connectivity index is 4.99. The van der Waals surface area contributed by atoms with Gasteiger partial charge in [-0.15, -0.1) is 39.5 Å². The maximum Gasteiger partial charge on any atom is 0.383 e. The molecule has 0 rings (SSSR count). The number of nitrogens with one attached hydrogen (secondary N) is 2. The van der Waals surface area contributed by atoms with Crippen LogP contribution in [0.3, 0.4) is 0 Å². The van der Waals surface area contributed by atoms with E-state index in [4.69, 9.17) is 0 Å². The Labute approximate surface area is 477 Å². The second kappa shape index (κ2) is 33.3. The molecule has 0 heterocycles. The summed E-state index contributed by atoms with van der Waals surface area (Å²) in [5, 5.41) is 3.40. The smallest absolute Gasteiger partial charge is 0.372 e. The summed E-state index contributed by atoms with van der Waals surface area (Å²) in [6.07, 6.45) is -48.3. The minimum atomic E-state index is -5.59. The second-order valence-corrected chi connectivity index (χ2v) is 19.5. The van der Waals surface area contributed by atoms with Crippen LogP contribution in [0.15, 0.2) is 75.9 Å². The minimum Gasteiger partial charge on any atom is -0.372 e. The highest BCUT2D eigenvalue weighted by atomic mass is 19.3. The van der Waals surface area contributed by atoms with Crippen LogP contribution in [0, 0.1) is 10.8 Å². The lowest BCUT2D eigenvalue weighted by Crippen LogP contribution is -2.49. The maximum atomic E-state index is 14.4. The first-order valence-corrected chi connectivity index (χ1v) is 24.8. The van der Waals surface area contributed by atoms with Crippen molar-refractivity contribution in [1.82, 2.24) is 10.6 Å². The van der Waals surface area contributed by atoms with Crippen LogP contribution in [-0.4, -0.2) is 150 Å². The van der Waals surface area contributed by atoms with Crippen LogP contribution in [-0.2, 0) is 47.5 Å². The largest absolute Gasteiger partial charge is 0.383 e. The lowest BCUT2D eigenvalue weighted by atomic mass is 9.78. The molecule has 86 heavy (non-hydrogen) atoms. The van der Waals surface area contributed by atoms with Crippen molar-refractivity contribution in [2.24, 2.45) is 10.8 Å². The molecule has 2 N–H and O–H groups in total. The molecule has 0 aromatic rings. The molecule has 0 spiro atoms. The third-order valence-electron chi connectivity index (χ3n) is 10.9. The number of carbonyl (C=O) groups excluding carboxylic acids is 2. The fourth-order valence-corrected chi connectivity index (χ4v) is 7.51. The third kappa shape index (κ3) is 33.7. The average molecular weight is 1310 g/mol. The molecule has 0 saturated carbocycles. The second-order valence-electron chi connectivity index (χ2n) is 19.5. The van der Waals surface area contributed by atoms with E-state index in [0.717, 1.165) is 0 Å². The molecule has 12 nitrogen and oxygen atoms in total. The van der Waals surface area contributed by atoms with Crippen molar-refractivity contribution in [1.29, 1.82) is 0 Å². The van der Waals surface area contributed by atoms with E-state index in [1.54, 1.807) is 10.6 Å². The van der Waals surface area contributed by atoms with E-state index in [9.17, 15) is 115 Å². The van der Waals surface area contributed by atoms with Crippen LogP contribution in [0.1, 0.15) is 77.0 Å². The van der Waals surface area contributed by atoms with Crippen LogP contribution < -0.4 is 10.6 Å². The van der Waals surface area contributed by atoms with Gasteiger partial charge < -0.3 is 29.6 Å². The molecule has 0 aliphatic heterocycles. The molecule has 0 radical (unpaired) electrons. The monoisotopic (exact) mass is 1310 g/mol. The Morgan fingerprint density at radius 3 is 0.767 bits per heavy atom. The lowest BCUT2D eigenvalue weighted by molar-refractivity contribution is -0.403. The van der Waals surface area contributed by atoms with Crippen molar-refractivity contribution in [3.05, 3.63) is 75.9 Å². The van der Waals surface area contributed by atoms with Crippen LogP contribution in [0.4, 0.5) is 105 Å². The molecule has 0 aliphatic rings. The Kier molecular flexibility index (Phi) is 31.5. The first-order chi connectivity index (χ1) is 38.9. The highest BCUT2D eigenvalue weighted by Crippen LogP contribution is 2.42. The van der Waals surface area contributed by atoms with E-state index in [1.807, 2.05) is 0 Å². The summed E-state index contributed by atoms with van der Waals surface area (Å²) in [5.74, 6) is -25.2. The fraction of sp³-hybridized carbons (Fsp3) is 0.720. The van der Waals surface area contributed by atoms with Gasteiger partial charge in [0.15, 0.2) is 0 Å². The van der Waals surface area contributed by atoms with Gasteiger partial charge in [-0.3, -0.25) is 28.5 Å². The summed E-state index contributed by atoms with van der Waals surface area (Å²) in [7, 11) is 0. The molecule has 0 aromatic heterocycles. The molecule has 0 aromatic carbocycles. The van der Waals surface area contributed by atoms with Gasteiger partial charge in [0.1, 0.15) is 65.3 Å². The number of halogens is 24. The summed E-state index contributed by atoms with van der Waals surface area (Å²) in [4.78, 5) is 24.2. The molecule has 502 valence electrons. The first kappa shape index (κ1) is 81.4. The SMILES string of the molecule is C=CCC(CC=C)(CC=C)CNC(=O)C(F)(F)CC(F)(F)OC(F)(F)COCC(F)(F)CC(F)(F)OC(F)(F)COCCCCOCC(F)(F)OC(F)(F)CC(F)(F)COCC(F)(F)OC(F)(F)CC(F)(F)C(=O)NCC(CC=C)(CC=C)CC=C. The standard InChI is InChI=1S/C50H64F24N2O10/c1-7-15-37(16-8-2,17-9-3)27-75-35(77)41(55,56)25-45(63,64)85-49(71,72)33-81-29-39(51,52)23-43(59,60)83-47(67,68)31-79-21-13-14-22-80-32-48(69,70)84-44(61,62)24-40(53,54)30-82-34-50(73,74)86-46(65,66)26-42(57,58)36(78)76-28-38(18-10-4,19-11-5)20-12-6/h7-12H,1-6,13-34H2,(H,75,77)(H,76,78). The van der Waals surface area contributed by atoms with Crippen molar-refractivity contribution in [3.63, 3.8) is 0 Å². The van der Waals surface area contributed by atoms with Crippen molar-refractivity contribution in [3.8, 4) is 0 Å². The number of unbranched alkanes of at least 4 members (excludes halogenated alkanes) is 1. The Morgan fingerprint density at radius 2 is 0.535 bits per heavy atom. The number of rotatable bonds is 51. The molecule has 0 unspecified atom stereocenters. The zero-order valence-corrected chi connectivity index (χ0v) is 45.4. The Morgan fingerprint density at radius 1 is 0.314 bits per heavy atom. The fourth-order valence-electron chi connectivity index (χ4n) is 7.51. The quantitative estimate of drug-likeness (QED) is 0.0345. The zero-order valence-electron chi connectivity index (χ0n) is 45.4. The van der Waals surface area contributed by atoms with E-state index in [1.165, 1.54) is 36.5 Å². The van der Waals surface area contributed by atoms with E-state index in [2.05, 4.69) is 77.4 Å². The molecule has 36 heteroatoms. The van der Waals surface area contributed by atoms with Gasteiger partial charge in [-0.1, -0.05) is 36.5 Å². The van der Waals surface area contributed by atoms with Gasteiger partial charge in [-0.2, -0.15) is 87.8 Å². The third-order valence-corrected chi connectivity index (χ3v) is 10.9. The molecule has 0 saturated heterocycles. The van der Waals surface area contributed by atoms with E-state index in [0.29, 0.717) is 0 Å². The van der Waals surface area contributed by atoms with Gasteiger partial charge in [0.2, 0.25) is 0 Å².